The molecule has 5 rings (SSSR count). The van der Waals surface area contributed by atoms with Crippen molar-refractivity contribution in [3.8, 4) is 0 Å². The summed E-state index contributed by atoms with van der Waals surface area (Å²) in [5.41, 5.74) is -1.25. The molecule has 1 amide bonds. The van der Waals surface area contributed by atoms with Crippen molar-refractivity contribution >= 4 is 17.5 Å². The monoisotopic (exact) mass is 549 g/mol. The van der Waals surface area contributed by atoms with E-state index in [-0.39, 0.29) is 33.9 Å². The van der Waals surface area contributed by atoms with Crippen molar-refractivity contribution in [2.75, 3.05) is 6.54 Å². The summed E-state index contributed by atoms with van der Waals surface area (Å²) >= 11 is 0. The van der Waals surface area contributed by atoms with Gasteiger partial charge in [-0.3, -0.25) is 14.4 Å². The van der Waals surface area contributed by atoms with E-state index in [1.807, 2.05) is 6.08 Å². The fourth-order valence-electron chi connectivity index (χ4n) is 10.6. The molecule has 5 aliphatic rings. The maximum atomic E-state index is 14.4. The average molecular weight is 550 g/mol. The van der Waals surface area contributed by atoms with Gasteiger partial charge in [-0.2, -0.15) is 13.2 Å². The molecule has 0 bridgehead atoms. The molecular weight excluding hydrogens is 503 g/mol. The van der Waals surface area contributed by atoms with E-state index >= 15 is 0 Å². The topological polar surface area (TPSA) is 63.2 Å². The molecule has 4 saturated carbocycles. The van der Waals surface area contributed by atoms with Crippen LogP contribution in [0.15, 0.2) is 11.6 Å². The number of nitrogens with one attached hydrogen (secondary N) is 1. The number of allylic oxidation sites excluding steroid dienone is 2. The number of hydrogen-bond acceptors (Lipinski definition) is 3. The van der Waals surface area contributed by atoms with Crippen LogP contribution in [-0.2, 0) is 14.4 Å². The Bertz CT molecular complexity index is 1140. The van der Waals surface area contributed by atoms with Crippen LogP contribution in [0.5, 0.6) is 0 Å². The Morgan fingerprint density at radius 1 is 0.949 bits per heavy atom. The highest BCUT2D eigenvalue weighted by atomic mass is 19.4. The number of Topliss-reactive ketones (excluding diaryl/α,β-unsaturated/α-hetero) is 1. The molecule has 4 nitrogen and oxygen atoms in total. The van der Waals surface area contributed by atoms with Crippen LogP contribution in [0.25, 0.3) is 0 Å². The summed E-state index contributed by atoms with van der Waals surface area (Å²) < 4.78 is 39.3. The molecule has 7 heteroatoms. The summed E-state index contributed by atoms with van der Waals surface area (Å²) in [4.78, 5) is 40.9. The highest BCUT2D eigenvalue weighted by molar-refractivity contribution is 5.97. The minimum absolute atomic E-state index is 0.0388. The third kappa shape index (κ3) is 3.94. The van der Waals surface area contributed by atoms with E-state index in [9.17, 15) is 27.6 Å². The lowest BCUT2D eigenvalue weighted by Gasteiger charge is -2.69. The molecule has 0 saturated heterocycles. The van der Waals surface area contributed by atoms with Crippen molar-refractivity contribution in [1.29, 1.82) is 0 Å². The van der Waals surface area contributed by atoms with Gasteiger partial charge in [-0.15, -0.1) is 0 Å². The first kappa shape index (κ1) is 28.9. The van der Waals surface area contributed by atoms with Gasteiger partial charge in [0.25, 0.3) is 0 Å². The van der Waals surface area contributed by atoms with Crippen molar-refractivity contribution in [3.63, 3.8) is 0 Å². The minimum atomic E-state index is -4.48. The molecule has 0 spiro atoms. The van der Waals surface area contributed by atoms with Crippen LogP contribution in [0.2, 0.25) is 0 Å². The second kappa shape index (κ2) is 8.44. The quantitative estimate of drug-likeness (QED) is 0.396. The lowest BCUT2D eigenvalue weighted by molar-refractivity contribution is -0.183. The van der Waals surface area contributed by atoms with Gasteiger partial charge >= 0.3 is 6.18 Å². The van der Waals surface area contributed by atoms with Crippen LogP contribution in [0.4, 0.5) is 13.2 Å². The Labute approximate surface area is 231 Å². The van der Waals surface area contributed by atoms with Crippen LogP contribution in [0.3, 0.4) is 0 Å². The number of hydrogen-bond donors (Lipinski definition) is 1. The van der Waals surface area contributed by atoms with E-state index in [1.54, 1.807) is 0 Å². The Hall–Kier alpha value is -1.66. The summed E-state index contributed by atoms with van der Waals surface area (Å²) in [6.07, 6.45) is 3.51. The molecule has 1 N–H and O–H groups in total. The van der Waals surface area contributed by atoms with E-state index in [0.29, 0.717) is 37.9 Å². The number of fused-ring (bicyclic) bond motifs is 7. The normalized spacial score (nSPS) is 44.8. The zero-order valence-corrected chi connectivity index (χ0v) is 24.7. The maximum absolute atomic E-state index is 14.4. The van der Waals surface area contributed by atoms with Gasteiger partial charge in [0.15, 0.2) is 5.78 Å². The van der Waals surface area contributed by atoms with Gasteiger partial charge < -0.3 is 5.32 Å². The molecule has 7 atom stereocenters. The summed E-state index contributed by atoms with van der Waals surface area (Å²) in [5, 5.41) is 2.23. The molecule has 5 aliphatic carbocycles. The molecule has 0 radical (unpaired) electrons. The fourth-order valence-corrected chi connectivity index (χ4v) is 10.6. The number of carbonyl (C=O) groups excluding carboxylic acids is 3. The first-order valence-corrected chi connectivity index (χ1v) is 14.9. The number of amides is 1. The Morgan fingerprint density at radius 3 is 2.23 bits per heavy atom. The summed E-state index contributed by atoms with van der Waals surface area (Å²) in [7, 11) is 0. The molecule has 0 aromatic heterocycles. The summed E-state index contributed by atoms with van der Waals surface area (Å²) in [6.45, 7) is 13.9. The summed E-state index contributed by atoms with van der Waals surface area (Å²) in [6, 6.07) is 0. The van der Waals surface area contributed by atoms with Gasteiger partial charge in [0, 0.05) is 17.8 Å². The van der Waals surface area contributed by atoms with E-state index in [0.717, 1.165) is 25.7 Å². The lowest BCUT2D eigenvalue weighted by atomic mass is 9.34. The third-order valence-electron chi connectivity index (χ3n) is 13.0. The zero-order chi connectivity index (χ0) is 29.0. The first-order chi connectivity index (χ1) is 17.7. The van der Waals surface area contributed by atoms with Crippen molar-refractivity contribution in [2.24, 2.45) is 50.2 Å². The second-order valence-electron chi connectivity index (χ2n) is 15.8. The van der Waals surface area contributed by atoms with Gasteiger partial charge in [-0.25, -0.2) is 0 Å². The Kier molecular flexibility index (Phi) is 6.24. The highest BCUT2D eigenvalue weighted by Crippen LogP contribution is 2.74. The van der Waals surface area contributed by atoms with Gasteiger partial charge in [-0.05, 0) is 90.9 Å². The second-order valence-corrected chi connectivity index (χ2v) is 15.8. The molecular formula is C32H46F3NO3. The Morgan fingerprint density at radius 2 is 1.59 bits per heavy atom. The molecule has 0 aliphatic heterocycles. The van der Waals surface area contributed by atoms with Gasteiger partial charge in [0.1, 0.15) is 12.3 Å². The largest absolute Gasteiger partial charge is 0.405 e. The van der Waals surface area contributed by atoms with Gasteiger partial charge in [-0.1, -0.05) is 54.0 Å². The predicted molar refractivity (Wildman–Crippen MR) is 144 cm³/mol. The minimum Gasteiger partial charge on any atom is -0.346 e. The molecule has 4 fully saturated rings. The van der Waals surface area contributed by atoms with Crippen LogP contribution in [-0.4, -0.2) is 30.2 Å². The summed E-state index contributed by atoms with van der Waals surface area (Å²) in [5.74, 6) is -0.727. The maximum Gasteiger partial charge on any atom is 0.405 e. The lowest BCUT2D eigenvalue weighted by Crippen LogP contribution is -2.67. The Balaban J connectivity index is 1.60. The van der Waals surface area contributed by atoms with Gasteiger partial charge in [0.05, 0.1) is 5.41 Å². The fraction of sp³-hybridized carbons (Fsp3) is 0.844. The smallest absolute Gasteiger partial charge is 0.346 e. The molecule has 39 heavy (non-hydrogen) atoms. The standard InChI is InChI=1S/C32H46F3NO3/c1-26(2)12-14-31(25(39)36-18-32(33,34)35)15-13-30(7)24(19(31)17-26)20(37)16-22-28(5)10-9-23(38)27(3,4)21(28)8-11-29(22,30)6/h16,19,21,24H,8-15,17-18H2,1-7H3,(H,36,39)/t19-,21?,24-,28-,29+,30+,31-/m0/s1. The van der Waals surface area contributed by atoms with Crippen molar-refractivity contribution in [1.82, 2.24) is 5.32 Å². The number of alkyl halides is 3. The van der Waals surface area contributed by atoms with Crippen LogP contribution in [0, 0.1) is 50.2 Å². The molecule has 0 heterocycles. The highest BCUT2D eigenvalue weighted by Gasteiger charge is 2.70. The van der Waals surface area contributed by atoms with E-state index in [1.165, 1.54) is 5.57 Å². The van der Waals surface area contributed by atoms with Crippen LogP contribution >= 0.6 is 0 Å². The van der Waals surface area contributed by atoms with Crippen molar-refractivity contribution in [3.05, 3.63) is 11.6 Å². The SMILES string of the molecule is CC1(C)CC[C@]2(C(=O)NCC(F)(F)F)CC[C@]3(C)[C@H](C(=O)C=C4[C@@]5(C)CCC(=O)C(C)(C)C5CC[C@]43C)[C@@H]2C1. The van der Waals surface area contributed by atoms with Crippen molar-refractivity contribution < 1.29 is 27.6 Å². The molecule has 1 unspecified atom stereocenters. The molecule has 0 aromatic rings. The number of halogens is 3. The van der Waals surface area contributed by atoms with E-state index < -0.39 is 40.8 Å². The molecule has 0 aromatic carbocycles. The van der Waals surface area contributed by atoms with Crippen LogP contribution < -0.4 is 5.32 Å². The van der Waals surface area contributed by atoms with E-state index in [4.69, 9.17) is 0 Å². The number of ketones is 2. The zero-order valence-electron chi connectivity index (χ0n) is 24.7. The number of rotatable bonds is 2. The van der Waals surface area contributed by atoms with Crippen LogP contribution in [0.1, 0.15) is 106 Å². The number of carbonyl (C=O) groups is 3. The predicted octanol–water partition coefficient (Wildman–Crippen LogP) is 7.21. The average Bonchev–Trinajstić information content (AvgIpc) is 2.81. The van der Waals surface area contributed by atoms with Crippen molar-refractivity contribution in [2.45, 2.75) is 112 Å². The van der Waals surface area contributed by atoms with E-state index in [2.05, 4.69) is 53.8 Å². The van der Waals surface area contributed by atoms with Gasteiger partial charge in [0.2, 0.25) is 5.91 Å². The third-order valence-corrected chi connectivity index (χ3v) is 13.0. The molecule has 218 valence electrons. The first-order valence-electron chi connectivity index (χ1n) is 14.9.